The lowest BCUT2D eigenvalue weighted by Gasteiger charge is -2.31. The van der Waals surface area contributed by atoms with E-state index in [9.17, 15) is 18.8 Å². The van der Waals surface area contributed by atoms with E-state index in [-0.39, 0.29) is 23.6 Å². The lowest BCUT2D eigenvalue weighted by atomic mass is 10.0. The van der Waals surface area contributed by atoms with Gasteiger partial charge in [0.05, 0.1) is 13.2 Å². The first kappa shape index (κ1) is 28.8. The van der Waals surface area contributed by atoms with Crippen molar-refractivity contribution in [2.24, 2.45) is 0 Å². The molecule has 0 saturated carbocycles. The molecule has 10 nitrogen and oxygen atoms in total. The van der Waals surface area contributed by atoms with Crippen LogP contribution in [-0.4, -0.2) is 60.9 Å². The Morgan fingerprint density at radius 2 is 1.92 bits per heavy atom. The van der Waals surface area contributed by atoms with Crippen LogP contribution in [0.5, 0.6) is 17.2 Å². The van der Waals surface area contributed by atoms with Gasteiger partial charge in [0.15, 0.2) is 17.5 Å². The topological polar surface area (TPSA) is 122 Å². The number of nitrogens with one attached hydrogen (secondary N) is 1. The van der Waals surface area contributed by atoms with Crippen LogP contribution in [0.3, 0.4) is 0 Å². The Hall–Kier alpha value is -3.73. The third-order valence-electron chi connectivity index (χ3n) is 5.87. The molecule has 1 aromatic carbocycles. The largest absolute Gasteiger partial charge is 0.493 e. The molecule has 3 rings (SSSR count). The van der Waals surface area contributed by atoms with E-state index in [1.54, 1.807) is 6.92 Å². The number of methoxy groups -OCH3 is 1. The Morgan fingerprint density at radius 3 is 2.58 bits per heavy atom. The SMILES string of the molecule is CCCO[C@H]1CCC[C@H](NC(=O)c2nccc(OC)c2OC(C)=O)C(=O)O[C@@H](C)[C@@H]1Oc1ccc(F)cc1. The molecular formula is C27H33FN2O8. The van der Waals surface area contributed by atoms with E-state index in [0.717, 1.165) is 6.42 Å². The highest BCUT2D eigenvalue weighted by Gasteiger charge is 2.37. The number of amides is 1. The van der Waals surface area contributed by atoms with E-state index in [1.807, 2.05) is 6.92 Å². The summed E-state index contributed by atoms with van der Waals surface area (Å²) in [5.41, 5.74) is -0.207. The molecule has 1 aliphatic rings. The lowest BCUT2D eigenvalue weighted by Crippen LogP contribution is -2.46. The van der Waals surface area contributed by atoms with E-state index < -0.39 is 48.0 Å². The monoisotopic (exact) mass is 532 g/mol. The summed E-state index contributed by atoms with van der Waals surface area (Å²) >= 11 is 0. The fraction of sp³-hybridized carbons (Fsp3) is 0.481. The Bertz CT molecular complexity index is 1110. The predicted octanol–water partition coefficient (Wildman–Crippen LogP) is 3.61. The van der Waals surface area contributed by atoms with Gasteiger partial charge in [0.25, 0.3) is 5.91 Å². The third-order valence-corrected chi connectivity index (χ3v) is 5.87. The minimum atomic E-state index is -1.00. The summed E-state index contributed by atoms with van der Waals surface area (Å²) in [6.45, 7) is 5.33. The normalized spacial score (nSPS) is 21.8. The highest BCUT2D eigenvalue weighted by atomic mass is 19.1. The van der Waals surface area contributed by atoms with Crippen LogP contribution in [0.15, 0.2) is 36.5 Å². The number of halogens is 1. The van der Waals surface area contributed by atoms with Gasteiger partial charge in [-0.3, -0.25) is 9.59 Å². The Kier molecular flexibility index (Phi) is 10.4. The number of hydrogen-bond donors (Lipinski definition) is 1. The van der Waals surface area contributed by atoms with Crippen LogP contribution < -0.4 is 19.5 Å². The molecule has 1 fully saturated rings. The van der Waals surface area contributed by atoms with Crippen LogP contribution in [0.25, 0.3) is 0 Å². The highest BCUT2D eigenvalue weighted by Crippen LogP contribution is 2.30. The van der Waals surface area contributed by atoms with Crippen LogP contribution in [0.2, 0.25) is 0 Å². The molecule has 1 saturated heterocycles. The van der Waals surface area contributed by atoms with Crippen LogP contribution in [-0.2, 0) is 19.1 Å². The number of hydrogen-bond acceptors (Lipinski definition) is 9. The van der Waals surface area contributed by atoms with Gasteiger partial charge in [-0.15, -0.1) is 0 Å². The zero-order valence-corrected chi connectivity index (χ0v) is 21.9. The number of ether oxygens (including phenoxy) is 5. The summed E-state index contributed by atoms with van der Waals surface area (Å²) in [7, 11) is 1.36. The number of carbonyl (C=O) groups excluding carboxylic acids is 3. The molecule has 0 radical (unpaired) electrons. The average molecular weight is 533 g/mol. The van der Waals surface area contributed by atoms with Crippen LogP contribution in [0.4, 0.5) is 4.39 Å². The second kappa shape index (κ2) is 13.7. The fourth-order valence-electron chi connectivity index (χ4n) is 4.08. The molecule has 1 aliphatic heterocycles. The molecule has 0 aliphatic carbocycles. The molecule has 0 spiro atoms. The molecule has 2 heterocycles. The van der Waals surface area contributed by atoms with Gasteiger partial charge in [-0.05, 0) is 56.9 Å². The fourth-order valence-corrected chi connectivity index (χ4v) is 4.08. The molecule has 1 amide bonds. The van der Waals surface area contributed by atoms with Crippen molar-refractivity contribution in [1.29, 1.82) is 0 Å². The quantitative estimate of drug-likeness (QED) is 0.483. The number of rotatable bonds is 9. The molecule has 2 aromatic rings. The number of nitrogens with zero attached hydrogens (tertiary/aromatic N) is 1. The Balaban J connectivity index is 1.81. The molecule has 1 aromatic heterocycles. The maximum Gasteiger partial charge on any atom is 0.329 e. The van der Waals surface area contributed by atoms with Crippen molar-refractivity contribution in [2.75, 3.05) is 13.7 Å². The van der Waals surface area contributed by atoms with Gasteiger partial charge in [0.2, 0.25) is 5.75 Å². The first-order chi connectivity index (χ1) is 18.2. The minimum absolute atomic E-state index is 0.141. The number of carbonyl (C=O) groups is 3. The van der Waals surface area contributed by atoms with Gasteiger partial charge >= 0.3 is 11.9 Å². The molecule has 4 atom stereocenters. The van der Waals surface area contributed by atoms with E-state index in [0.29, 0.717) is 25.2 Å². The van der Waals surface area contributed by atoms with E-state index in [1.165, 1.54) is 50.6 Å². The predicted molar refractivity (Wildman–Crippen MR) is 134 cm³/mol. The summed E-state index contributed by atoms with van der Waals surface area (Å²) in [6, 6.07) is 6.01. The smallest absolute Gasteiger partial charge is 0.329 e. The Morgan fingerprint density at radius 1 is 1.18 bits per heavy atom. The van der Waals surface area contributed by atoms with Gasteiger partial charge in [-0.25, -0.2) is 14.2 Å². The number of esters is 2. The first-order valence-electron chi connectivity index (χ1n) is 12.5. The molecule has 206 valence electrons. The standard InChI is InChI=1S/C27H33FN2O8/c1-5-15-35-22-8-6-7-20(27(33)36-16(2)24(22)38-19-11-9-18(28)10-12-19)30-26(32)23-25(37-17(3)31)21(34-4)13-14-29-23/h9-14,16,20,22,24H,5-8,15H2,1-4H3,(H,30,32)/t16-,20-,22-,24-/m0/s1. The van der Waals surface area contributed by atoms with E-state index >= 15 is 0 Å². The average Bonchev–Trinajstić information content (AvgIpc) is 2.93. The number of aromatic nitrogens is 1. The van der Waals surface area contributed by atoms with Crippen LogP contribution >= 0.6 is 0 Å². The van der Waals surface area contributed by atoms with Gasteiger partial charge in [-0.1, -0.05) is 6.92 Å². The highest BCUT2D eigenvalue weighted by molar-refractivity contribution is 5.98. The maximum atomic E-state index is 13.4. The summed E-state index contributed by atoms with van der Waals surface area (Å²) < 4.78 is 41.6. The van der Waals surface area contributed by atoms with Gasteiger partial charge in [0.1, 0.15) is 23.7 Å². The molecule has 38 heavy (non-hydrogen) atoms. The summed E-state index contributed by atoms with van der Waals surface area (Å²) in [5.74, 6) is -2.04. The first-order valence-corrected chi connectivity index (χ1v) is 12.5. The summed E-state index contributed by atoms with van der Waals surface area (Å²) in [6.07, 6.45) is 1.58. The molecule has 1 N–H and O–H groups in total. The molecule has 11 heteroatoms. The second-order valence-corrected chi connectivity index (χ2v) is 8.83. The van der Waals surface area contributed by atoms with E-state index in [2.05, 4.69) is 10.3 Å². The zero-order valence-electron chi connectivity index (χ0n) is 21.9. The second-order valence-electron chi connectivity index (χ2n) is 8.83. The van der Waals surface area contributed by atoms with Crippen molar-refractivity contribution < 1.29 is 42.5 Å². The molecule has 0 unspecified atom stereocenters. The van der Waals surface area contributed by atoms with Crippen molar-refractivity contribution in [3.05, 3.63) is 48.0 Å². The van der Waals surface area contributed by atoms with Crippen molar-refractivity contribution in [1.82, 2.24) is 10.3 Å². The van der Waals surface area contributed by atoms with Crippen molar-refractivity contribution in [3.8, 4) is 17.2 Å². The molecule has 0 bridgehead atoms. The summed E-state index contributed by atoms with van der Waals surface area (Å²) in [5, 5.41) is 2.65. The van der Waals surface area contributed by atoms with E-state index in [4.69, 9.17) is 23.7 Å². The Labute approximate surface area is 220 Å². The van der Waals surface area contributed by atoms with Gasteiger partial charge in [-0.2, -0.15) is 0 Å². The maximum absolute atomic E-state index is 13.4. The van der Waals surface area contributed by atoms with Crippen LogP contribution in [0.1, 0.15) is 56.9 Å². The summed E-state index contributed by atoms with van der Waals surface area (Å²) in [4.78, 5) is 41.9. The van der Waals surface area contributed by atoms with Gasteiger partial charge in [0, 0.05) is 25.8 Å². The van der Waals surface area contributed by atoms with Gasteiger partial charge < -0.3 is 29.0 Å². The van der Waals surface area contributed by atoms with Crippen molar-refractivity contribution in [2.45, 2.75) is 70.8 Å². The lowest BCUT2D eigenvalue weighted by molar-refractivity contribution is -0.159. The zero-order chi connectivity index (χ0) is 27.7. The number of cyclic esters (lactones) is 1. The van der Waals surface area contributed by atoms with Crippen molar-refractivity contribution in [3.63, 3.8) is 0 Å². The minimum Gasteiger partial charge on any atom is -0.493 e. The number of pyridine rings is 1. The molecular weight excluding hydrogens is 499 g/mol. The third kappa shape index (κ3) is 7.64. The van der Waals surface area contributed by atoms with Crippen molar-refractivity contribution >= 4 is 17.8 Å². The van der Waals surface area contributed by atoms with Crippen LogP contribution in [0, 0.1) is 5.82 Å². The number of benzene rings is 1.